The standard InChI is InChI=1S/C6H13NO3/c7-4-1-2-6-3-5-8-10-9-6/h6H,1-5,7H2/t6-/m1/s1. The molecule has 0 radical (unpaired) electrons. The molecule has 4 nitrogen and oxygen atoms in total. The quantitative estimate of drug-likeness (QED) is 0.586. The minimum atomic E-state index is 0.178. The first-order valence-corrected chi connectivity index (χ1v) is 3.58. The van der Waals surface area contributed by atoms with Gasteiger partial charge in [-0.1, -0.05) is 5.04 Å². The molecule has 0 aromatic carbocycles. The molecule has 0 spiro atoms. The van der Waals surface area contributed by atoms with Gasteiger partial charge in [0.25, 0.3) is 0 Å². The van der Waals surface area contributed by atoms with Crippen LogP contribution in [0, 0.1) is 0 Å². The second-order valence-electron chi connectivity index (χ2n) is 2.33. The summed E-state index contributed by atoms with van der Waals surface area (Å²) in [6.45, 7) is 1.33. The van der Waals surface area contributed by atoms with Gasteiger partial charge in [0.1, 0.15) is 0 Å². The number of nitrogens with two attached hydrogens (primary N) is 1. The Hall–Kier alpha value is -0.160. The van der Waals surface area contributed by atoms with Crippen molar-refractivity contribution in [2.45, 2.75) is 25.4 Å². The average Bonchev–Trinajstić information content (AvgIpc) is 2.03. The number of rotatable bonds is 3. The Balaban J connectivity index is 2.02. The van der Waals surface area contributed by atoms with Crippen molar-refractivity contribution in [2.75, 3.05) is 13.2 Å². The Kier molecular flexibility index (Phi) is 3.67. The predicted molar refractivity (Wildman–Crippen MR) is 34.8 cm³/mol. The fraction of sp³-hybridized carbons (Fsp3) is 1.00. The smallest absolute Gasteiger partial charge is 0.0985 e. The minimum Gasteiger partial charge on any atom is -0.330 e. The lowest BCUT2D eigenvalue weighted by atomic mass is 10.1. The predicted octanol–water partition coefficient (Wildman–Crippen LogP) is 0.377. The fourth-order valence-corrected chi connectivity index (χ4v) is 0.883. The van der Waals surface area contributed by atoms with Gasteiger partial charge in [-0.15, -0.1) is 0 Å². The van der Waals surface area contributed by atoms with Crippen molar-refractivity contribution in [3.05, 3.63) is 0 Å². The Morgan fingerprint density at radius 1 is 1.50 bits per heavy atom. The molecule has 2 N–H and O–H groups in total. The third-order valence-corrected chi connectivity index (χ3v) is 1.48. The van der Waals surface area contributed by atoms with E-state index in [1.807, 2.05) is 0 Å². The van der Waals surface area contributed by atoms with Crippen molar-refractivity contribution < 1.29 is 14.8 Å². The first kappa shape index (κ1) is 7.94. The maximum atomic E-state index is 5.32. The van der Waals surface area contributed by atoms with E-state index in [1.54, 1.807) is 0 Å². The Labute approximate surface area is 60.1 Å². The van der Waals surface area contributed by atoms with Gasteiger partial charge >= 0.3 is 0 Å². The molecule has 1 fully saturated rings. The molecule has 1 rings (SSSR count). The fourth-order valence-electron chi connectivity index (χ4n) is 0.883. The summed E-state index contributed by atoms with van der Waals surface area (Å²) >= 11 is 0. The zero-order chi connectivity index (χ0) is 7.23. The maximum Gasteiger partial charge on any atom is 0.0985 e. The van der Waals surface area contributed by atoms with Crippen LogP contribution in [-0.4, -0.2) is 19.3 Å². The molecule has 1 saturated heterocycles. The van der Waals surface area contributed by atoms with Crippen LogP contribution in [0.15, 0.2) is 0 Å². The van der Waals surface area contributed by atoms with E-state index in [4.69, 9.17) is 10.6 Å². The number of hydrogen-bond acceptors (Lipinski definition) is 4. The molecule has 0 aromatic rings. The highest BCUT2D eigenvalue weighted by Gasteiger charge is 2.14. The highest BCUT2D eigenvalue weighted by molar-refractivity contribution is 4.57. The van der Waals surface area contributed by atoms with Gasteiger partial charge in [0.2, 0.25) is 0 Å². The lowest BCUT2D eigenvalue weighted by molar-refractivity contribution is -0.549. The molecule has 0 amide bonds. The topological polar surface area (TPSA) is 53.7 Å². The van der Waals surface area contributed by atoms with E-state index in [0.29, 0.717) is 13.2 Å². The Bertz CT molecular complexity index is 83.1. The van der Waals surface area contributed by atoms with Gasteiger partial charge in [-0.3, -0.25) is 0 Å². The molecular formula is C6H13NO3. The summed E-state index contributed by atoms with van der Waals surface area (Å²) in [5.41, 5.74) is 5.32. The van der Waals surface area contributed by atoms with Gasteiger partial charge in [0, 0.05) is 6.42 Å². The molecule has 1 heterocycles. The monoisotopic (exact) mass is 147 g/mol. The summed E-state index contributed by atoms with van der Waals surface area (Å²) in [6, 6.07) is 0. The van der Waals surface area contributed by atoms with E-state index in [1.165, 1.54) is 0 Å². The lowest BCUT2D eigenvalue weighted by Crippen LogP contribution is -2.22. The molecule has 10 heavy (non-hydrogen) atoms. The molecule has 0 saturated carbocycles. The van der Waals surface area contributed by atoms with Crippen molar-refractivity contribution in [1.29, 1.82) is 0 Å². The summed E-state index contributed by atoms with van der Waals surface area (Å²) in [5.74, 6) is 0. The van der Waals surface area contributed by atoms with Gasteiger partial charge < -0.3 is 5.73 Å². The molecule has 0 aliphatic carbocycles. The zero-order valence-corrected chi connectivity index (χ0v) is 5.91. The van der Waals surface area contributed by atoms with Gasteiger partial charge in [-0.25, -0.2) is 9.78 Å². The van der Waals surface area contributed by atoms with E-state index in [0.717, 1.165) is 19.3 Å². The van der Waals surface area contributed by atoms with Crippen molar-refractivity contribution in [2.24, 2.45) is 5.73 Å². The third-order valence-electron chi connectivity index (χ3n) is 1.48. The molecule has 0 unspecified atom stereocenters. The van der Waals surface area contributed by atoms with E-state index in [2.05, 4.69) is 9.93 Å². The van der Waals surface area contributed by atoms with Crippen LogP contribution in [0.5, 0.6) is 0 Å². The van der Waals surface area contributed by atoms with Crippen LogP contribution in [0.2, 0.25) is 0 Å². The van der Waals surface area contributed by atoms with Crippen LogP contribution in [0.1, 0.15) is 19.3 Å². The third kappa shape index (κ3) is 2.62. The average molecular weight is 147 g/mol. The summed E-state index contributed by atoms with van der Waals surface area (Å²) in [4.78, 5) is 9.33. The van der Waals surface area contributed by atoms with Crippen molar-refractivity contribution >= 4 is 0 Å². The Morgan fingerprint density at radius 3 is 3.00 bits per heavy atom. The van der Waals surface area contributed by atoms with Gasteiger partial charge in [0.15, 0.2) is 0 Å². The molecule has 4 heteroatoms. The summed E-state index contributed by atoms with van der Waals surface area (Å²) in [6.07, 6.45) is 3.02. The Morgan fingerprint density at radius 2 is 2.40 bits per heavy atom. The molecule has 1 atom stereocenters. The van der Waals surface area contributed by atoms with Crippen LogP contribution < -0.4 is 5.73 Å². The first-order valence-electron chi connectivity index (χ1n) is 3.58. The van der Waals surface area contributed by atoms with Crippen LogP contribution in [0.3, 0.4) is 0 Å². The van der Waals surface area contributed by atoms with Gasteiger partial charge in [-0.05, 0) is 19.4 Å². The molecule has 0 bridgehead atoms. The highest BCUT2D eigenvalue weighted by Crippen LogP contribution is 2.11. The van der Waals surface area contributed by atoms with Crippen LogP contribution in [-0.2, 0) is 14.8 Å². The first-order chi connectivity index (χ1) is 4.93. The summed E-state index contributed by atoms with van der Waals surface area (Å²) < 4.78 is 0. The van der Waals surface area contributed by atoms with E-state index < -0.39 is 0 Å². The van der Waals surface area contributed by atoms with E-state index in [-0.39, 0.29) is 6.10 Å². The molecular weight excluding hydrogens is 134 g/mol. The molecule has 60 valence electrons. The summed E-state index contributed by atoms with van der Waals surface area (Å²) in [7, 11) is 0. The SMILES string of the molecule is NCCC[C@@H]1CCOOO1. The molecule has 1 aliphatic heterocycles. The highest BCUT2D eigenvalue weighted by atomic mass is 17.5. The molecule has 0 aromatic heterocycles. The van der Waals surface area contributed by atoms with Crippen LogP contribution in [0.25, 0.3) is 0 Å². The van der Waals surface area contributed by atoms with Crippen LogP contribution >= 0.6 is 0 Å². The zero-order valence-electron chi connectivity index (χ0n) is 5.91. The van der Waals surface area contributed by atoms with Gasteiger partial charge in [0.05, 0.1) is 12.7 Å². The van der Waals surface area contributed by atoms with Gasteiger partial charge in [-0.2, -0.15) is 0 Å². The number of hydrogen-bond donors (Lipinski definition) is 1. The second kappa shape index (κ2) is 4.62. The molecule has 1 aliphatic rings. The second-order valence-corrected chi connectivity index (χ2v) is 2.33. The largest absolute Gasteiger partial charge is 0.330 e. The van der Waals surface area contributed by atoms with E-state index in [9.17, 15) is 0 Å². The van der Waals surface area contributed by atoms with Crippen molar-refractivity contribution in [3.8, 4) is 0 Å². The summed E-state index contributed by atoms with van der Waals surface area (Å²) in [5, 5.41) is 4.34. The van der Waals surface area contributed by atoms with Crippen molar-refractivity contribution in [3.63, 3.8) is 0 Å². The normalized spacial score (nSPS) is 26.7. The maximum absolute atomic E-state index is 5.32. The van der Waals surface area contributed by atoms with Crippen LogP contribution in [0.4, 0.5) is 0 Å². The minimum absolute atomic E-state index is 0.178. The lowest BCUT2D eigenvalue weighted by Gasteiger charge is -2.19. The van der Waals surface area contributed by atoms with Crippen molar-refractivity contribution in [1.82, 2.24) is 0 Å². The van der Waals surface area contributed by atoms with E-state index >= 15 is 0 Å².